The largest absolute Gasteiger partial charge is 0.458 e. The first-order valence-electron chi connectivity index (χ1n) is 7.70. The first-order valence-corrected chi connectivity index (χ1v) is 7.70. The van der Waals surface area contributed by atoms with Crippen LogP contribution in [0.5, 0.6) is 11.5 Å². The Morgan fingerprint density at radius 2 is 2.22 bits per heavy atom. The molecule has 1 aromatic carbocycles. The molecule has 0 amide bonds. The molecule has 4 rings (SSSR count). The van der Waals surface area contributed by atoms with Gasteiger partial charge in [0.15, 0.2) is 11.5 Å². The Labute approximate surface area is 134 Å². The highest BCUT2D eigenvalue weighted by Crippen LogP contribution is 2.48. The monoisotopic (exact) mass is 314 g/mol. The van der Waals surface area contributed by atoms with Crippen LogP contribution in [0.1, 0.15) is 36.5 Å². The highest BCUT2D eigenvalue weighted by atomic mass is 16.7. The predicted molar refractivity (Wildman–Crippen MR) is 81.1 cm³/mol. The lowest BCUT2D eigenvalue weighted by Gasteiger charge is -2.14. The number of esters is 1. The van der Waals surface area contributed by atoms with Gasteiger partial charge in [-0.1, -0.05) is 6.07 Å². The summed E-state index contributed by atoms with van der Waals surface area (Å²) in [5.41, 5.74) is 2.01. The maximum atomic E-state index is 12.3. The van der Waals surface area contributed by atoms with E-state index in [1.807, 2.05) is 44.6 Å². The number of aryl methyl sites for hydroxylation is 1. The van der Waals surface area contributed by atoms with Crippen LogP contribution in [0.3, 0.4) is 0 Å². The van der Waals surface area contributed by atoms with Crippen LogP contribution >= 0.6 is 0 Å². The van der Waals surface area contributed by atoms with Crippen molar-refractivity contribution in [2.24, 2.45) is 13.0 Å². The SMILES string of the molecule is C[C@@H](OC(=O)[C@@H]1C[C@@H]1c1cnn(C)c1)c1ccc2c(c1)OCO2. The number of fused-ring (bicyclic) bond motifs is 1. The van der Waals surface area contributed by atoms with Crippen molar-refractivity contribution in [1.82, 2.24) is 9.78 Å². The van der Waals surface area contributed by atoms with Crippen LogP contribution in [0.15, 0.2) is 30.6 Å². The van der Waals surface area contributed by atoms with Crippen LogP contribution in [0.4, 0.5) is 0 Å². The van der Waals surface area contributed by atoms with E-state index in [-0.39, 0.29) is 30.7 Å². The zero-order valence-electron chi connectivity index (χ0n) is 13.1. The van der Waals surface area contributed by atoms with Crippen molar-refractivity contribution in [3.63, 3.8) is 0 Å². The van der Waals surface area contributed by atoms with Crippen LogP contribution < -0.4 is 9.47 Å². The van der Waals surface area contributed by atoms with Gasteiger partial charge in [-0.25, -0.2) is 0 Å². The number of aromatic nitrogens is 2. The summed E-state index contributed by atoms with van der Waals surface area (Å²) in [6, 6.07) is 5.61. The molecular weight excluding hydrogens is 296 g/mol. The van der Waals surface area contributed by atoms with E-state index in [4.69, 9.17) is 14.2 Å². The van der Waals surface area contributed by atoms with Gasteiger partial charge in [-0.3, -0.25) is 9.48 Å². The Bertz CT molecular complexity index is 755. The van der Waals surface area contributed by atoms with E-state index in [0.29, 0.717) is 5.75 Å². The average molecular weight is 314 g/mol. The molecule has 6 nitrogen and oxygen atoms in total. The van der Waals surface area contributed by atoms with Crippen LogP contribution in [0.25, 0.3) is 0 Å². The van der Waals surface area contributed by atoms with E-state index in [2.05, 4.69) is 5.10 Å². The normalized spacial score (nSPS) is 22.7. The molecule has 2 heterocycles. The maximum absolute atomic E-state index is 12.3. The Morgan fingerprint density at radius 3 is 3.00 bits per heavy atom. The van der Waals surface area contributed by atoms with E-state index in [1.165, 1.54) is 0 Å². The summed E-state index contributed by atoms with van der Waals surface area (Å²) in [4.78, 5) is 12.3. The first-order chi connectivity index (χ1) is 11.1. The van der Waals surface area contributed by atoms with Crippen LogP contribution in [-0.2, 0) is 16.6 Å². The van der Waals surface area contributed by atoms with E-state index in [0.717, 1.165) is 23.3 Å². The summed E-state index contributed by atoms with van der Waals surface area (Å²) in [5.74, 6) is 1.45. The van der Waals surface area contributed by atoms with Gasteiger partial charge in [0, 0.05) is 19.2 Å². The lowest BCUT2D eigenvalue weighted by molar-refractivity contribution is -0.150. The summed E-state index contributed by atoms with van der Waals surface area (Å²) in [5, 5.41) is 4.15. The number of carbonyl (C=O) groups excluding carboxylic acids is 1. The molecule has 0 N–H and O–H groups in total. The minimum Gasteiger partial charge on any atom is -0.458 e. The van der Waals surface area contributed by atoms with Gasteiger partial charge in [-0.05, 0) is 36.6 Å². The molecule has 3 atom stereocenters. The molecule has 1 fully saturated rings. The molecule has 0 unspecified atom stereocenters. The fourth-order valence-corrected chi connectivity index (χ4v) is 2.95. The summed E-state index contributed by atoms with van der Waals surface area (Å²) < 4.78 is 18.0. The summed E-state index contributed by atoms with van der Waals surface area (Å²) in [6.45, 7) is 2.11. The van der Waals surface area contributed by atoms with E-state index >= 15 is 0 Å². The Balaban J connectivity index is 1.39. The van der Waals surface area contributed by atoms with Crippen LogP contribution in [-0.4, -0.2) is 22.5 Å². The third kappa shape index (κ3) is 2.65. The summed E-state index contributed by atoms with van der Waals surface area (Å²) in [7, 11) is 1.88. The number of benzene rings is 1. The summed E-state index contributed by atoms with van der Waals surface area (Å²) in [6.07, 6.45) is 4.30. The van der Waals surface area contributed by atoms with Gasteiger partial charge in [0.1, 0.15) is 6.10 Å². The molecule has 1 aliphatic heterocycles. The molecular formula is C17H18N2O4. The van der Waals surface area contributed by atoms with Crippen molar-refractivity contribution in [2.75, 3.05) is 6.79 Å². The molecule has 2 aliphatic rings. The Hall–Kier alpha value is -2.50. The third-order valence-corrected chi connectivity index (χ3v) is 4.41. The standard InChI is InChI=1S/C17H18N2O4/c1-10(11-3-4-15-16(5-11)22-9-21-15)23-17(20)14-6-13(14)12-7-18-19(2)8-12/h3-5,7-8,10,13-14H,6,9H2,1-2H3/t10-,13-,14-/m1/s1. The fourth-order valence-electron chi connectivity index (χ4n) is 2.95. The lowest BCUT2D eigenvalue weighted by atomic mass is 10.1. The zero-order chi connectivity index (χ0) is 16.0. The van der Waals surface area contributed by atoms with Crippen LogP contribution in [0, 0.1) is 5.92 Å². The molecule has 2 aromatic rings. The number of nitrogens with zero attached hydrogens (tertiary/aromatic N) is 2. The molecule has 0 saturated heterocycles. The molecule has 0 radical (unpaired) electrons. The molecule has 120 valence electrons. The lowest BCUT2D eigenvalue weighted by Crippen LogP contribution is -2.11. The predicted octanol–water partition coefficient (Wildman–Crippen LogP) is 2.56. The van der Waals surface area contributed by atoms with Gasteiger partial charge >= 0.3 is 5.97 Å². The molecule has 1 aliphatic carbocycles. The van der Waals surface area contributed by atoms with E-state index < -0.39 is 0 Å². The highest BCUT2D eigenvalue weighted by Gasteiger charge is 2.46. The molecule has 1 saturated carbocycles. The van der Waals surface area contributed by atoms with Crippen molar-refractivity contribution in [3.05, 3.63) is 41.7 Å². The van der Waals surface area contributed by atoms with Gasteiger partial charge < -0.3 is 14.2 Å². The number of rotatable bonds is 4. The average Bonchev–Trinajstić information content (AvgIpc) is 2.99. The fraction of sp³-hybridized carbons (Fsp3) is 0.412. The number of hydrogen-bond donors (Lipinski definition) is 0. The van der Waals surface area contributed by atoms with Gasteiger partial charge in [0.25, 0.3) is 0 Å². The molecule has 0 spiro atoms. The van der Waals surface area contributed by atoms with Gasteiger partial charge in [0.2, 0.25) is 6.79 Å². The quantitative estimate of drug-likeness (QED) is 0.812. The molecule has 0 bridgehead atoms. The minimum absolute atomic E-state index is 0.0596. The number of ether oxygens (including phenoxy) is 3. The van der Waals surface area contributed by atoms with E-state index in [1.54, 1.807) is 4.68 Å². The number of hydrogen-bond acceptors (Lipinski definition) is 5. The van der Waals surface area contributed by atoms with Crippen molar-refractivity contribution in [1.29, 1.82) is 0 Å². The Morgan fingerprint density at radius 1 is 1.39 bits per heavy atom. The van der Waals surface area contributed by atoms with Crippen molar-refractivity contribution < 1.29 is 19.0 Å². The summed E-state index contributed by atoms with van der Waals surface area (Å²) >= 11 is 0. The van der Waals surface area contributed by atoms with Gasteiger partial charge in [-0.2, -0.15) is 5.10 Å². The van der Waals surface area contributed by atoms with Crippen molar-refractivity contribution in [2.45, 2.75) is 25.4 Å². The second-order valence-corrected chi connectivity index (χ2v) is 6.09. The molecule has 23 heavy (non-hydrogen) atoms. The third-order valence-electron chi connectivity index (χ3n) is 4.41. The van der Waals surface area contributed by atoms with E-state index in [9.17, 15) is 4.79 Å². The number of carbonyl (C=O) groups is 1. The molecule has 6 heteroatoms. The topological polar surface area (TPSA) is 62.6 Å². The second kappa shape index (κ2) is 5.30. The van der Waals surface area contributed by atoms with Gasteiger partial charge in [-0.15, -0.1) is 0 Å². The van der Waals surface area contributed by atoms with Crippen LogP contribution in [0.2, 0.25) is 0 Å². The minimum atomic E-state index is -0.313. The smallest absolute Gasteiger partial charge is 0.310 e. The highest BCUT2D eigenvalue weighted by molar-refractivity contribution is 5.77. The van der Waals surface area contributed by atoms with Gasteiger partial charge in [0.05, 0.1) is 12.1 Å². The Kier molecular flexibility index (Phi) is 3.25. The zero-order valence-corrected chi connectivity index (χ0v) is 13.1. The second-order valence-electron chi connectivity index (χ2n) is 6.09. The van der Waals surface area contributed by atoms with Crippen molar-refractivity contribution in [3.8, 4) is 11.5 Å². The van der Waals surface area contributed by atoms with Crippen molar-refractivity contribution >= 4 is 5.97 Å². The first kappa shape index (κ1) is 14.1. The maximum Gasteiger partial charge on any atom is 0.310 e. The molecule has 1 aromatic heterocycles.